The highest BCUT2D eigenvalue weighted by Crippen LogP contribution is 2.17. The van der Waals surface area contributed by atoms with Crippen LogP contribution >= 0.6 is 0 Å². The molecule has 0 saturated heterocycles. The van der Waals surface area contributed by atoms with Crippen LogP contribution < -0.4 is 10.6 Å². The molecule has 0 aromatic heterocycles. The van der Waals surface area contributed by atoms with E-state index < -0.39 is 0 Å². The third-order valence-electron chi connectivity index (χ3n) is 2.97. The number of rotatable bonds is 7. The second-order valence-corrected chi connectivity index (χ2v) is 4.36. The molecule has 1 aliphatic rings. The third-order valence-corrected chi connectivity index (χ3v) is 2.97. The van der Waals surface area contributed by atoms with Gasteiger partial charge in [-0.2, -0.15) is 0 Å². The molecule has 16 heavy (non-hydrogen) atoms. The van der Waals surface area contributed by atoms with Crippen LogP contribution in [0.3, 0.4) is 0 Å². The second kappa shape index (κ2) is 7.63. The molecule has 4 nitrogen and oxygen atoms in total. The van der Waals surface area contributed by atoms with Crippen molar-refractivity contribution >= 4 is 5.91 Å². The van der Waals surface area contributed by atoms with Gasteiger partial charge in [0.05, 0.1) is 6.61 Å². The van der Waals surface area contributed by atoms with Crippen molar-refractivity contribution < 1.29 is 9.53 Å². The molecule has 1 saturated carbocycles. The minimum Gasteiger partial charge on any atom is -0.367 e. The molecule has 0 aliphatic heterocycles. The van der Waals surface area contributed by atoms with Gasteiger partial charge in [0.1, 0.15) is 6.10 Å². The van der Waals surface area contributed by atoms with Gasteiger partial charge in [0, 0.05) is 12.6 Å². The average Bonchev–Trinajstić information content (AvgIpc) is 2.76. The molecule has 1 fully saturated rings. The Morgan fingerprint density at radius 2 is 2.12 bits per heavy atom. The van der Waals surface area contributed by atoms with E-state index in [0.717, 1.165) is 25.9 Å². The Bertz CT molecular complexity index is 203. The van der Waals surface area contributed by atoms with Gasteiger partial charge < -0.3 is 15.4 Å². The van der Waals surface area contributed by atoms with Crippen molar-refractivity contribution in [2.24, 2.45) is 0 Å². The minimum absolute atomic E-state index is 0.0309. The number of hydrogen-bond donors (Lipinski definition) is 2. The van der Waals surface area contributed by atoms with Crippen LogP contribution in [-0.2, 0) is 9.53 Å². The van der Waals surface area contributed by atoms with E-state index in [4.69, 9.17) is 4.74 Å². The average molecular weight is 228 g/mol. The van der Waals surface area contributed by atoms with E-state index >= 15 is 0 Å². The lowest BCUT2D eigenvalue weighted by atomic mass is 10.2. The van der Waals surface area contributed by atoms with Crippen molar-refractivity contribution in [3.05, 3.63) is 0 Å². The summed E-state index contributed by atoms with van der Waals surface area (Å²) in [7, 11) is 0. The Balaban J connectivity index is 2.09. The minimum atomic E-state index is -0.334. The lowest BCUT2D eigenvalue weighted by Crippen LogP contribution is -2.40. The Morgan fingerprint density at radius 3 is 2.75 bits per heavy atom. The van der Waals surface area contributed by atoms with Gasteiger partial charge in [0.2, 0.25) is 5.91 Å². The standard InChI is InChI=1S/C12H24N2O2/c1-3-13-8-9-16-10(2)12(15)14-11-6-4-5-7-11/h10-11,13H,3-9H2,1-2H3,(H,14,15). The molecule has 1 unspecified atom stereocenters. The fourth-order valence-corrected chi connectivity index (χ4v) is 1.95. The zero-order chi connectivity index (χ0) is 11.8. The number of amides is 1. The molecule has 0 aromatic rings. The molecule has 1 amide bonds. The molecule has 1 aliphatic carbocycles. The molecule has 0 bridgehead atoms. The number of carbonyl (C=O) groups is 1. The van der Waals surface area contributed by atoms with Crippen molar-refractivity contribution in [1.29, 1.82) is 0 Å². The highest BCUT2D eigenvalue weighted by Gasteiger charge is 2.20. The van der Waals surface area contributed by atoms with Gasteiger partial charge in [-0.25, -0.2) is 0 Å². The van der Waals surface area contributed by atoms with E-state index in [1.807, 2.05) is 6.92 Å². The maximum Gasteiger partial charge on any atom is 0.249 e. The fraction of sp³-hybridized carbons (Fsp3) is 0.917. The number of nitrogens with one attached hydrogen (secondary N) is 2. The molecule has 1 rings (SSSR count). The van der Waals surface area contributed by atoms with Gasteiger partial charge in [0.25, 0.3) is 0 Å². The Kier molecular flexibility index (Phi) is 6.42. The Labute approximate surface area is 98.1 Å². The third kappa shape index (κ3) is 4.94. The smallest absolute Gasteiger partial charge is 0.249 e. The van der Waals surface area contributed by atoms with E-state index in [1.54, 1.807) is 0 Å². The van der Waals surface area contributed by atoms with E-state index in [9.17, 15) is 4.79 Å². The maximum atomic E-state index is 11.7. The summed E-state index contributed by atoms with van der Waals surface area (Å²) in [4.78, 5) is 11.7. The highest BCUT2D eigenvalue weighted by molar-refractivity contribution is 5.80. The summed E-state index contributed by atoms with van der Waals surface area (Å²) in [6, 6.07) is 0.382. The summed E-state index contributed by atoms with van der Waals surface area (Å²) >= 11 is 0. The number of likely N-dealkylation sites (N-methyl/N-ethyl adjacent to an activating group) is 1. The second-order valence-electron chi connectivity index (χ2n) is 4.36. The molecule has 0 aromatic carbocycles. The summed E-state index contributed by atoms with van der Waals surface area (Å²) in [5.41, 5.74) is 0. The first-order chi connectivity index (χ1) is 7.74. The predicted octanol–water partition coefficient (Wildman–Crippen LogP) is 1.06. The van der Waals surface area contributed by atoms with E-state index in [1.165, 1.54) is 12.8 Å². The summed E-state index contributed by atoms with van der Waals surface area (Å²) in [5.74, 6) is 0.0309. The van der Waals surface area contributed by atoms with Crippen molar-refractivity contribution in [2.45, 2.75) is 51.7 Å². The lowest BCUT2D eigenvalue weighted by molar-refractivity contribution is -0.132. The Hall–Kier alpha value is -0.610. The van der Waals surface area contributed by atoms with Crippen LogP contribution in [0.15, 0.2) is 0 Å². The summed E-state index contributed by atoms with van der Waals surface area (Å²) in [6.07, 6.45) is 4.38. The molecule has 0 radical (unpaired) electrons. The molecule has 4 heteroatoms. The normalized spacial score (nSPS) is 18.6. The Morgan fingerprint density at radius 1 is 1.44 bits per heavy atom. The van der Waals surface area contributed by atoms with Crippen LogP contribution in [0.4, 0.5) is 0 Å². The van der Waals surface area contributed by atoms with E-state index in [2.05, 4.69) is 17.6 Å². The first kappa shape index (κ1) is 13.5. The van der Waals surface area contributed by atoms with Gasteiger partial charge in [-0.15, -0.1) is 0 Å². The number of ether oxygens (including phenoxy) is 1. The van der Waals surface area contributed by atoms with Crippen molar-refractivity contribution in [3.63, 3.8) is 0 Å². The fourth-order valence-electron chi connectivity index (χ4n) is 1.95. The van der Waals surface area contributed by atoms with Crippen LogP contribution in [0.1, 0.15) is 39.5 Å². The SMILES string of the molecule is CCNCCOC(C)C(=O)NC1CCCC1. The summed E-state index contributed by atoms with van der Waals surface area (Å²) in [6.45, 7) is 6.20. The van der Waals surface area contributed by atoms with Crippen LogP contribution in [0, 0.1) is 0 Å². The number of hydrogen-bond acceptors (Lipinski definition) is 3. The van der Waals surface area contributed by atoms with Gasteiger partial charge >= 0.3 is 0 Å². The monoisotopic (exact) mass is 228 g/mol. The van der Waals surface area contributed by atoms with Crippen LogP contribution in [-0.4, -0.2) is 37.7 Å². The molecular weight excluding hydrogens is 204 g/mol. The first-order valence-corrected chi connectivity index (χ1v) is 6.36. The zero-order valence-electron chi connectivity index (χ0n) is 10.4. The highest BCUT2D eigenvalue weighted by atomic mass is 16.5. The molecule has 2 N–H and O–H groups in total. The molecule has 94 valence electrons. The lowest BCUT2D eigenvalue weighted by Gasteiger charge is -2.17. The van der Waals surface area contributed by atoms with Crippen molar-refractivity contribution in [1.82, 2.24) is 10.6 Å². The van der Waals surface area contributed by atoms with Gasteiger partial charge in [-0.3, -0.25) is 4.79 Å². The quantitative estimate of drug-likeness (QED) is 0.641. The van der Waals surface area contributed by atoms with E-state index in [-0.39, 0.29) is 12.0 Å². The largest absolute Gasteiger partial charge is 0.367 e. The molecule has 1 atom stereocenters. The summed E-state index contributed by atoms with van der Waals surface area (Å²) < 4.78 is 5.44. The van der Waals surface area contributed by atoms with Crippen molar-refractivity contribution in [3.8, 4) is 0 Å². The molecular formula is C12H24N2O2. The van der Waals surface area contributed by atoms with Gasteiger partial charge in [-0.1, -0.05) is 19.8 Å². The maximum absolute atomic E-state index is 11.7. The molecule has 0 heterocycles. The van der Waals surface area contributed by atoms with Crippen LogP contribution in [0.25, 0.3) is 0 Å². The molecule has 0 spiro atoms. The van der Waals surface area contributed by atoms with E-state index in [0.29, 0.717) is 12.6 Å². The predicted molar refractivity (Wildman–Crippen MR) is 64.4 cm³/mol. The number of carbonyl (C=O) groups excluding carboxylic acids is 1. The van der Waals surface area contributed by atoms with Gasteiger partial charge in [0.15, 0.2) is 0 Å². The van der Waals surface area contributed by atoms with Gasteiger partial charge in [-0.05, 0) is 26.3 Å². The van der Waals surface area contributed by atoms with Crippen molar-refractivity contribution in [2.75, 3.05) is 19.7 Å². The summed E-state index contributed by atoms with van der Waals surface area (Å²) in [5, 5.41) is 6.19. The van der Waals surface area contributed by atoms with Crippen LogP contribution in [0.2, 0.25) is 0 Å². The zero-order valence-corrected chi connectivity index (χ0v) is 10.4. The first-order valence-electron chi connectivity index (χ1n) is 6.36. The topological polar surface area (TPSA) is 50.4 Å². The van der Waals surface area contributed by atoms with Crippen LogP contribution in [0.5, 0.6) is 0 Å².